The maximum atomic E-state index is 12.9. The summed E-state index contributed by atoms with van der Waals surface area (Å²) >= 11 is 5.82. The number of nitrogens with zero attached hydrogens (tertiary/aromatic N) is 1. The van der Waals surface area contributed by atoms with Gasteiger partial charge in [-0.25, -0.2) is 4.39 Å². The second-order valence-electron chi connectivity index (χ2n) is 5.54. The van der Waals surface area contributed by atoms with E-state index in [2.05, 4.69) is 0 Å². The molecule has 1 aliphatic rings. The number of carboxylic acid groups (broad SMARTS) is 1. The van der Waals surface area contributed by atoms with Crippen LogP contribution in [0.4, 0.5) is 4.39 Å². The normalized spacial score (nSPS) is 21.5. The van der Waals surface area contributed by atoms with Gasteiger partial charge >= 0.3 is 5.97 Å². The Morgan fingerprint density at radius 3 is 2.82 bits per heavy atom. The van der Waals surface area contributed by atoms with Gasteiger partial charge < -0.3 is 14.7 Å². The van der Waals surface area contributed by atoms with Crippen LogP contribution in [0.1, 0.15) is 13.3 Å². The number of likely N-dealkylation sites (tertiary alicyclic amines) is 1. The van der Waals surface area contributed by atoms with Crippen molar-refractivity contribution < 1.29 is 23.8 Å². The highest BCUT2D eigenvalue weighted by molar-refractivity contribution is 6.32. The fraction of sp³-hybridized carbons (Fsp3) is 0.467. The van der Waals surface area contributed by atoms with E-state index in [4.69, 9.17) is 21.4 Å². The topological polar surface area (TPSA) is 66.8 Å². The molecule has 0 aliphatic carbocycles. The van der Waals surface area contributed by atoms with Gasteiger partial charge in [-0.05, 0) is 30.5 Å². The van der Waals surface area contributed by atoms with Gasteiger partial charge in [0.1, 0.15) is 11.6 Å². The zero-order valence-electron chi connectivity index (χ0n) is 12.1. The number of aliphatic carboxylic acids is 1. The predicted molar refractivity (Wildman–Crippen MR) is 78.4 cm³/mol. The number of hydrogen-bond donors (Lipinski definition) is 1. The van der Waals surface area contributed by atoms with E-state index in [9.17, 15) is 14.0 Å². The fourth-order valence-electron chi connectivity index (χ4n) is 2.56. The summed E-state index contributed by atoms with van der Waals surface area (Å²) in [5, 5.41) is 9.19. The van der Waals surface area contributed by atoms with Crippen molar-refractivity contribution in [3.63, 3.8) is 0 Å². The van der Waals surface area contributed by atoms with E-state index in [1.807, 2.05) is 6.92 Å². The van der Waals surface area contributed by atoms with Gasteiger partial charge in [-0.2, -0.15) is 0 Å². The molecule has 2 rings (SSSR count). The standard InChI is InChI=1S/C15H17ClFNO4/c1-9-4-10(15(20)21)7-18(6-9)14(19)8-22-13-3-2-11(17)5-12(13)16/h2-3,5,9-10H,4,6-8H2,1H3,(H,20,21). The molecular weight excluding hydrogens is 313 g/mol. The Morgan fingerprint density at radius 2 is 2.18 bits per heavy atom. The highest BCUT2D eigenvalue weighted by Gasteiger charge is 2.31. The first-order valence-corrected chi connectivity index (χ1v) is 7.33. The van der Waals surface area contributed by atoms with E-state index in [0.717, 1.165) is 6.07 Å². The maximum absolute atomic E-state index is 12.9. The summed E-state index contributed by atoms with van der Waals surface area (Å²) in [5.74, 6) is -1.91. The predicted octanol–water partition coefficient (Wildman–Crippen LogP) is 2.43. The first kappa shape index (κ1) is 16.5. The Kier molecular flexibility index (Phi) is 5.24. The largest absolute Gasteiger partial charge is 0.482 e. The van der Waals surface area contributed by atoms with Crippen LogP contribution in [0.3, 0.4) is 0 Å². The van der Waals surface area contributed by atoms with Crippen molar-refractivity contribution in [2.45, 2.75) is 13.3 Å². The number of carboxylic acids is 1. The molecule has 7 heteroatoms. The van der Waals surface area contributed by atoms with Gasteiger partial charge in [-0.3, -0.25) is 9.59 Å². The number of carbonyl (C=O) groups excluding carboxylic acids is 1. The smallest absolute Gasteiger partial charge is 0.308 e. The molecule has 1 saturated heterocycles. The van der Waals surface area contributed by atoms with Gasteiger partial charge in [0.2, 0.25) is 0 Å². The number of hydrogen-bond acceptors (Lipinski definition) is 3. The minimum absolute atomic E-state index is 0.0863. The number of piperidine rings is 1. The Hall–Kier alpha value is -1.82. The number of ether oxygens (including phenoxy) is 1. The number of rotatable bonds is 4. The third-order valence-electron chi connectivity index (χ3n) is 3.61. The second-order valence-corrected chi connectivity index (χ2v) is 5.95. The minimum Gasteiger partial charge on any atom is -0.482 e. The van der Waals surface area contributed by atoms with Crippen molar-refractivity contribution in [3.8, 4) is 5.75 Å². The molecule has 1 fully saturated rings. The average Bonchev–Trinajstić information content (AvgIpc) is 2.45. The molecule has 0 spiro atoms. The highest BCUT2D eigenvalue weighted by Crippen LogP contribution is 2.25. The number of benzene rings is 1. The summed E-state index contributed by atoms with van der Waals surface area (Å²) in [4.78, 5) is 24.7. The first-order valence-electron chi connectivity index (χ1n) is 6.95. The van der Waals surface area contributed by atoms with Crippen molar-refractivity contribution in [1.82, 2.24) is 4.90 Å². The zero-order valence-corrected chi connectivity index (χ0v) is 12.8. The van der Waals surface area contributed by atoms with Crippen LogP contribution in [0, 0.1) is 17.7 Å². The first-order chi connectivity index (χ1) is 10.4. The SMILES string of the molecule is CC1CC(C(=O)O)CN(C(=O)COc2ccc(F)cc2Cl)C1. The second kappa shape index (κ2) is 6.96. The summed E-state index contributed by atoms with van der Waals surface area (Å²) in [7, 11) is 0. The van der Waals surface area contributed by atoms with Crippen LogP contribution < -0.4 is 4.74 Å². The lowest BCUT2D eigenvalue weighted by Gasteiger charge is -2.34. The Balaban J connectivity index is 1.95. The van der Waals surface area contributed by atoms with Crippen LogP contribution in [0.5, 0.6) is 5.75 Å². The van der Waals surface area contributed by atoms with Crippen molar-refractivity contribution in [2.75, 3.05) is 19.7 Å². The molecule has 1 aromatic carbocycles. The molecule has 0 radical (unpaired) electrons. The fourth-order valence-corrected chi connectivity index (χ4v) is 2.78. The summed E-state index contributed by atoms with van der Waals surface area (Å²) < 4.78 is 18.2. The molecule has 2 unspecified atom stereocenters. The van der Waals surface area contributed by atoms with Gasteiger partial charge in [0.15, 0.2) is 6.61 Å². The molecule has 0 aromatic heterocycles. The third kappa shape index (κ3) is 4.10. The lowest BCUT2D eigenvalue weighted by Crippen LogP contribution is -2.47. The van der Waals surface area contributed by atoms with Crippen LogP contribution in [0.15, 0.2) is 18.2 Å². The Bertz CT molecular complexity index is 581. The van der Waals surface area contributed by atoms with Crippen LogP contribution >= 0.6 is 11.6 Å². The van der Waals surface area contributed by atoms with E-state index in [-0.39, 0.29) is 35.7 Å². The van der Waals surface area contributed by atoms with E-state index in [0.29, 0.717) is 13.0 Å². The average molecular weight is 330 g/mol. The summed E-state index contributed by atoms with van der Waals surface area (Å²) in [6.45, 7) is 2.33. The van der Waals surface area contributed by atoms with Gasteiger partial charge in [0, 0.05) is 13.1 Å². The molecule has 5 nitrogen and oxygen atoms in total. The van der Waals surface area contributed by atoms with E-state index >= 15 is 0 Å². The number of carbonyl (C=O) groups is 2. The molecule has 1 heterocycles. The quantitative estimate of drug-likeness (QED) is 0.921. The van der Waals surface area contributed by atoms with Crippen molar-refractivity contribution in [3.05, 3.63) is 29.0 Å². The minimum atomic E-state index is -0.896. The van der Waals surface area contributed by atoms with E-state index in [1.165, 1.54) is 17.0 Å². The van der Waals surface area contributed by atoms with Gasteiger partial charge in [0.25, 0.3) is 5.91 Å². The highest BCUT2D eigenvalue weighted by atomic mass is 35.5. The molecule has 1 aliphatic heterocycles. The molecule has 0 bridgehead atoms. The Labute approximate surface area is 132 Å². The van der Waals surface area contributed by atoms with Crippen molar-refractivity contribution in [2.24, 2.45) is 11.8 Å². The third-order valence-corrected chi connectivity index (χ3v) is 3.90. The van der Waals surface area contributed by atoms with E-state index in [1.54, 1.807) is 0 Å². The van der Waals surface area contributed by atoms with Gasteiger partial charge in [0.05, 0.1) is 10.9 Å². The Morgan fingerprint density at radius 1 is 1.45 bits per heavy atom. The molecule has 1 N–H and O–H groups in total. The van der Waals surface area contributed by atoms with Crippen LogP contribution in [-0.4, -0.2) is 41.6 Å². The lowest BCUT2D eigenvalue weighted by atomic mass is 9.90. The van der Waals surface area contributed by atoms with Crippen LogP contribution in [0.2, 0.25) is 5.02 Å². The van der Waals surface area contributed by atoms with Gasteiger partial charge in [-0.15, -0.1) is 0 Å². The zero-order chi connectivity index (χ0) is 16.3. The molecule has 1 amide bonds. The molecule has 22 heavy (non-hydrogen) atoms. The maximum Gasteiger partial charge on any atom is 0.308 e. The van der Waals surface area contributed by atoms with Crippen LogP contribution in [-0.2, 0) is 9.59 Å². The van der Waals surface area contributed by atoms with E-state index < -0.39 is 17.7 Å². The van der Waals surface area contributed by atoms with Crippen molar-refractivity contribution in [1.29, 1.82) is 0 Å². The molecule has 1 aromatic rings. The summed E-state index contributed by atoms with van der Waals surface area (Å²) in [5.41, 5.74) is 0. The number of amides is 1. The number of halogens is 2. The monoisotopic (exact) mass is 329 g/mol. The molecule has 0 saturated carbocycles. The van der Waals surface area contributed by atoms with Crippen LogP contribution in [0.25, 0.3) is 0 Å². The van der Waals surface area contributed by atoms with Gasteiger partial charge in [-0.1, -0.05) is 18.5 Å². The lowest BCUT2D eigenvalue weighted by molar-refractivity contribution is -0.147. The molecule has 2 atom stereocenters. The summed E-state index contributed by atoms with van der Waals surface area (Å²) in [6, 6.07) is 3.64. The molecular formula is C15H17ClFNO4. The van der Waals surface area contributed by atoms with Crippen molar-refractivity contribution >= 4 is 23.5 Å². The summed E-state index contributed by atoms with van der Waals surface area (Å²) in [6.07, 6.45) is 0.559. The molecule has 120 valence electrons.